The summed E-state index contributed by atoms with van der Waals surface area (Å²) in [5.74, 6) is -0.361. The van der Waals surface area contributed by atoms with Crippen molar-refractivity contribution in [2.75, 3.05) is 5.32 Å². The van der Waals surface area contributed by atoms with Crippen molar-refractivity contribution in [1.29, 1.82) is 0 Å². The number of urea groups is 1. The zero-order chi connectivity index (χ0) is 14.5. The summed E-state index contributed by atoms with van der Waals surface area (Å²) in [6.45, 7) is 0.102. The Labute approximate surface area is 129 Å². The molecule has 104 valence electrons. The van der Waals surface area contributed by atoms with Gasteiger partial charge in [-0.1, -0.05) is 27.5 Å². The normalized spacial score (nSPS) is 10.2. The maximum Gasteiger partial charge on any atom is 0.319 e. The van der Waals surface area contributed by atoms with E-state index < -0.39 is 6.03 Å². The van der Waals surface area contributed by atoms with Gasteiger partial charge in [0.2, 0.25) is 0 Å². The summed E-state index contributed by atoms with van der Waals surface area (Å²) >= 11 is 9.00. The molecule has 2 aromatic rings. The summed E-state index contributed by atoms with van der Waals surface area (Å²) in [4.78, 5) is 11.7. The second-order valence-electron chi connectivity index (χ2n) is 4.05. The van der Waals surface area contributed by atoms with Crippen LogP contribution in [-0.4, -0.2) is 6.03 Å². The zero-order valence-corrected chi connectivity index (χ0v) is 12.6. The second-order valence-corrected chi connectivity index (χ2v) is 5.40. The summed E-state index contributed by atoms with van der Waals surface area (Å²) < 4.78 is 14.2. The molecule has 2 aromatic carbocycles. The van der Waals surface area contributed by atoms with Gasteiger partial charge in [-0.2, -0.15) is 0 Å². The van der Waals surface area contributed by atoms with Crippen molar-refractivity contribution in [3.05, 3.63) is 63.3 Å². The highest BCUT2D eigenvalue weighted by molar-refractivity contribution is 9.10. The largest absolute Gasteiger partial charge is 0.334 e. The van der Waals surface area contributed by atoms with Crippen molar-refractivity contribution in [3.63, 3.8) is 0 Å². The first kappa shape index (κ1) is 14.8. The van der Waals surface area contributed by atoms with Crippen molar-refractivity contribution >= 4 is 39.2 Å². The van der Waals surface area contributed by atoms with Crippen LogP contribution in [0.25, 0.3) is 0 Å². The fraction of sp³-hybridized carbons (Fsp3) is 0.0714. The number of nitrogens with one attached hydrogen (secondary N) is 2. The van der Waals surface area contributed by atoms with Crippen molar-refractivity contribution in [2.24, 2.45) is 0 Å². The van der Waals surface area contributed by atoms with Gasteiger partial charge in [0.15, 0.2) is 0 Å². The molecule has 0 aliphatic heterocycles. The lowest BCUT2D eigenvalue weighted by molar-refractivity contribution is 0.251. The first-order valence-corrected chi connectivity index (χ1v) is 6.96. The maximum atomic E-state index is 13.5. The van der Waals surface area contributed by atoms with Gasteiger partial charge in [-0.3, -0.25) is 0 Å². The Morgan fingerprint density at radius 2 is 1.90 bits per heavy atom. The Morgan fingerprint density at radius 3 is 2.60 bits per heavy atom. The molecule has 0 radical (unpaired) electrons. The molecule has 0 fully saturated rings. The molecule has 0 saturated heterocycles. The van der Waals surface area contributed by atoms with Gasteiger partial charge < -0.3 is 10.6 Å². The molecule has 0 aliphatic rings. The molecule has 0 atom stereocenters. The Hall–Kier alpha value is -1.59. The summed E-state index contributed by atoms with van der Waals surface area (Å²) in [7, 11) is 0. The van der Waals surface area contributed by atoms with Crippen LogP contribution in [0.1, 0.15) is 5.56 Å². The third kappa shape index (κ3) is 4.21. The van der Waals surface area contributed by atoms with Gasteiger partial charge in [0.1, 0.15) is 5.82 Å². The molecule has 0 spiro atoms. The fourth-order valence-corrected chi connectivity index (χ4v) is 2.10. The molecule has 0 aromatic heterocycles. The summed E-state index contributed by atoms with van der Waals surface area (Å²) in [6.07, 6.45) is 0. The molecular weight excluding hydrogens is 347 g/mol. The topological polar surface area (TPSA) is 41.1 Å². The van der Waals surface area contributed by atoms with Gasteiger partial charge in [-0.25, -0.2) is 9.18 Å². The van der Waals surface area contributed by atoms with E-state index in [1.807, 2.05) is 0 Å². The average Bonchev–Trinajstić information content (AvgIpc) is 2.42. The van der Waals surface area contributed by atoms with E-state index in [2.05, 4.69) is 26.6 Å². The molecule has 2 N–H and O–H groups in total. The van der Waals surface area contributed by atoms with Crippen molar-refractivity contribution in [1.82, 2.24) is 5.32 Å². The standard InChI is InChI=1S/C14H11BrClFN2O/c15-10-1-6-13(17)9(7-10)8-18-14(20)19-12-4-2-11(16)3-5-12/h1-7H,8H2,(H2,18,19,20). The predicted molar refractivity (Wildman–Crippen MR) is 81.4 cm³/mol. The highest BCUT2D eigenvalue weighted by Gasteiger charge is 2.06. The summed E-state index contributed by atoms with van der Waals surface area (Å²) in [5, 5.41) is 5.81. The average molecular weight is 358 g/mol. The van der Waals surface area contributed by atoms with E-state index in [4.69, 9.17) is 11.6 Å². The molecule has 0 bridgehead atoms. The van der Waals surface area contributed by atoms with E-state index in [-0.39, 0.29) is 12.4 Å². The van der Waals surface area contributed by atoms with E-state index in [9.17, 15) is 9.18 Å². The summed E-state index contributed by atoms with van der Waals surface area (Å²) in [6, 6.07) is 10.9. The molecule has 20 heavy (non-hydrogen) atoms. The number of benzene rings is 2. The van der Waals surface area contributed by atoms with Crippen LogP contribution in [0.4, 0.5) is 14.9 Å². The lowest BCUT2D eigenvalue weighted by Gasteiger charge is -2.08. The number of hydrogen-bond donors (Lipinski definition) is 2. The number of halogens is 3. The first-order chi connectivity index (χ1) is 9.54. The van der Waals surface area contributed by atoms with Crippen molar-refractivity contribution < 1.29 is 9.18 Å². The third-order valence-electron chi connectivity index (χ3n) is 2.55. The minimum atomic E-state index is -0.410. The SMILES string of the molecule is O=C(NCc1cc(Br)ccc1F)Nc1ccc(Cl)cc1. The zero-order valence-electron chi connectivity index (χ0n) is 10.3. The van der Waals surface area contributed by atoms with Crippen LogP contribution in [0.2, 0.25) is 5.02 Å². The van der Waals surface area contributed by atoms with E-state index in [1.165, 1.54) is 6.07 Å². The smallest absolute Gasteiger partial charge is 0.319 e. The quantitative estimate of drug-likeness (QED) is 0.830. The molecule has 0 unspecified atom stereocenters. The molecule has 3 nitrogen and oxygen atoms in total. The first-order valence-electron chi connectivity index (χ1n) is 5.79. The van der Waals surface area contributed by atoms with E-state index >= 15 is 0 Å². The van der Waals surface area contributed by atoms with Gasteiger partial charge in [-0.05, 0) is 42.5 Å². The molecule has 0 saturated carbocycles. The van der Waals surface area contributed by atoms with Crippen LogP contribution >= 0.6 is 27.5 Å². The van der Waals surface area contributed by atoms with Crippen LogP contribution in [-0.2, 0) is 6.54 Å². The van der Waals surface area contributed by atoms with Gasteiger partial charge in [0.25, 0.3) is 0 Å². The minimum absolute atomic E-state index is 0.102. The predicted octanol–water partition coefficient (Wildman–Crippen LogP) is 4.56. The summed E-state index contributed by atoms with van der Waals surface area (Å²) in [5.41, 5.74) is 1.02. The maximum absolute atomic E-state index is 13.5. The Morgan fingerprint density at radius 1 is 1.20 bits per heavy atom. The lowest BCUT2D eigenvalue weighted by Crippen LogP contribution is -2.28. The van der Waals surface area contributed by atoms with E-state index in [0.717, 1.165) is 4.47 Å². The number of carbonyl (C=O) groups is 1. The second kappa shape index (κ2) is 6.72. The number of rotatable bonds is 3. The van der Waals surface area contributed by atoms with E-state index in [1.54, 1.807) is 36.4 Å². The van der Waals surface area contributed by atoms with E-state index in [0.29, 0.717) is 16.3 Å². The lowest BCUT2D eigenvalue weighted by atomic mass is 10.2. The Balaban J connectivity index is 1.92. The number of carbonyl (C=O) groups excluding carboxylic acids is 1. The van der Waals surface area contributed by atoms with Gasteiger partial charge in [0, 0.05) is 27.3 Å². The fourth-order valence-electron chi connectivity index (χ4n) is 1.56. The number of anilines is 1. The minimum Gasteiger partial charge on any atom is -0.334 e. The van der Waals surface area contributed by atoms with Gasteiger partial charge in [-0.15, -0.1) is 0 Å². The van der Waals surface area contributed by atoms with Crippen molar-refractivity contribution in [2.45, 2.75) is 6.54 Å². The van der Waals surface area contributed by atoms with Crippen LogP contribution in [0, 0.1) is 5.82 Å². The molecule has 2 rings (SSSR count). The van der Waals surface area contributed by atoms with Crippen LogP contribution in [0.3, 0.4) is 0 Å². The third-order valence-corrected chi connectivity index (χ3v) is 3.29. The van der Waals surface area contributed by atoms with Gasteiger partial charge in [0.05, 0.1) is 0 Å². The molecule has 6 heteroatoms. The molecule has 0 heterocycles. The van der Waals surface area contributed by atoms with Crippen LogP contribution in [0.5, 0.6) is 0 Å². The van der Waals surface area contributed by atoms with Crippen LogP contribution in [0.15, 0.2) is 46.9 Å². The van der Waals surface area contributed by atoms with Crippen LogP contribution < -0.4 is 10.6 Å². The molecule has 2 amide bonds. The number of amides is 2. The Bertz CT molecular complexity index is 619. The van der Waals surface area contributed by atoms with Crippen molar-refractivity contribution in [3.8, 4) is 0 Å². The molecular formula is C14H11BrClFN2O. The Kier molecular flexibility index (Phi) is 4.98. The van der Waals surface area contributed by atoms with Gasteiger partial charge >= 0.3 is 6.03 Å². The monoisotopic (exact) mass is 356 g/mol. The highest BCUT2D eigenvalue weighted by atomic mass is 79.9. The highest BCUT2D eigenvalue weighted by Crippen LogP contribution is 2.16. The molecule has 0 aliphatic carbocycles. The number of hydrogen-bond acceptors (Lipinski definition) is 1.